The van der Waals surface area contributed by atoms with Gasteiger partial charge in [-0.1, -0.05) is 20.8 Å². The summed E-state index contributed by atoms with van der Waals surface area (Å²) in [5, 5.41) is 6.52. The summed E-state index contributed by atoms with van der Waals surface area (Å²) in [7, 11) is 0. The normalized spacial score (nSPS) is 18.9. The maximum Gasteiger partial charge on any atom is 0.156 e. The number of nitrogens with one attached hydrogen (secondary N) is 2. The van der Waals surface area contributed by atoms with Crippen molar-refractivity contribution in [3.05, 3.63) is 17.6 Å². The fourth-order valence-corrected chi connectivity index (χ4v) is 1.83. The predicted octanol–water partition coefficient (Wildman–Crippen LogP) is 2.61. The first-order valence-electron chi connectivity index (χ1n) is 6.60. The van der Waals surface area contributed by atoms with E-state index in [9.17, 15) is 0 Å². The van der Waals surface area contributed by atoms with E-state index < -0.39 is 0 Å². The van der Waals surface area contributed by atoms with Crippen molar-refractivity contribution in [3.63, 3.8) is 0 Å². The van der Waals surface area contributed by atoms with E-state index in [2.05, 4.69) is 67.1 Å². The van der Waals surface area contributed by atoms with Crippen molar-refractivity contribution < 1.29 is 0 Å². The van der Waals surface area contributed by atoms with Gasteiger partial charge in [-0.2, -0.15) is 0 Å². The predicted molar refractivity (Wildman–Crippen MR) is 78.5 cm³/mol. The largest absolute Gasteiger partial charge is 0.330 e. The molecule has 19 heavy (non-hydrogen) atoms. The maximum atomic E-state index is 4.66. The van der Waals surface area contributed by atoms with Crippen molar-refractivity contribution in [1.82, 2.24) is 15.3 Å². The number of nitrogens with zero attached hydrogens (tertiary/aromatic N) is 3. The zero-order valence-corrected chi connectivity index (χ0v) is 12.6. The molecule has 0 saturated carbocycles. The molecule has 0 amide bonds. The summed E-state index contributed by atoms with van der Waals surface area (Å²) in [6.45, 7) is 12.7. The quantitative estimate of drug-likeness (QED) is 0.815. The van der Waals surface area contributed by atoms with Gasteiger partial charge in [0, 0.05) is 17.2 Å². The van der Waals surface area contributed by atoms with Crippen molar-refractivity contribution in [1.29, 1.82) is 0 Å². The summed E-state index contributed by atoms with van der Waals surface area (Å²) in [5.41, 5.74) is 1.79. The van der Waals surface area contributed by atoms with Gasteiger partial charge in [0.2, 0.25) is 0 Å². The second kappa shape index (κ2) is 4.56. The lowest BCUT2D eigenvalue weighted by Gasteiger charge is -2.29. The van der Waals surface area contributed by atoms with Gasteiger partial charge in [-0.05, 0) is 20.8 Å². The summed E-state index contributed by atoms with van der Waals surface area (Å²) in [6, 6.07) is 0. The summed E-state index contributed by atoms with van der Waals surface area (Å²) in [5.74, 6) is 0.796. The van der Waals surface area contributed by atoms with Crippen LogP contribution in [0.15, 0.2) is 11.2 Å². The van der Waals surface area contributed by atoms with Gasteiger partial charge in [-0.15, -0.1) is 0 Å². The molecular formula is C14H23N5. The summed E-state index contributed by atoms with van der Waals surface area (Å²) >= 11 is 0. The van der Waals surface area contributed by atoms with Gasteiger partial charge < -0.3 is 5.32 Å². The molecule has 104 valence electrons. The highest BCUT2D eigenvalue weighted by Gasteiger charge is 2.26. The Hall–Kier alpha value is -1.49. The monoisotopic (exact) mass is 261 g/mol. The van der Waals surface area contributed by atoms with Crippen LogP contribution in [0.1, 0.15) is 59.1 Å². The molecule has 5 heteroatoms. The molecule has 5 nitrogen and oxygen atoms in total. The molecule has 2 heterocycles. The fourth-order valence-electron chi connectivity index (χ4n) is 1.83. The molecule has 0 spiro atoms. The number of anilines is 1. The Morgan fingerprint density at radius 1 is 1.16 bits per heavy atom. The van der Waals surface area contributed by atoms with Crippen LogP contribution >= 0.6 is 0 Å². The Labute approximate surface area is 115 Å². The zero-order valence-electron chi connectivity index (χ0n) is 12.6. The Morgan fingerprint density at radius 3 is 2.42 bits per heavy atom. The molecule has 0 bridgehead atoms. The number of rotatable bonds is 1. The van der Waals surface area contributed by atoms with Crippen LogP contribution in [-0.4, -0.2) is 21.8 Å². The lowest BCUT2D eigenvalue weighted by atomic mass is 9.92. The van der Waals surface area contributed by atoms with Gasteiger partial charge in [0.1, 0.15) is 11.9 Å². The first-order valence-corrected chi connectivity index (χ1v) is 6.60. The molecule has 1 aliphatic rings. The molecule has 0 saturated heterocycles. The minimum absolute atomic E-state index is 0.00868. The third kappa shape index (κ3) is 3.29. The van der Waals surface area contributed by atoms with Crippen LogP contribution in [0.5, 0.6) is 0 Å². The van der Waals surface area contributed by atoms with Crippen molar-refractivity contribution in [2.45, 2.75) is 58.7 Å². The molecule has 1 aromatic heterocycles. The van der Waals surface area contributed by atoms with E-state index >= 15 is 0 Å². The molecular weight excluding hydrogens is 238 g/mol. The summed E-state index contributed by atoms with van der Waals surface area (Å²) < 4.78 is 0. The SMILES string of the molecule is CC(C)(C)NC1N=CNc2nc(C(C)(C)C)cnc21. The van der Waals surface area contributed by atoms with Gasteiger partial charge in [-0.3, -0.25) is 10.3 Å². The Bertz CT molecular complexity index is 494. The second-order valence-corrected chi connectivity index (χ2v) is 6.96. The van der Waals surface area contributed by atoms with Gasteiger partial charge in [0.15, 0.2) is 5.82 Å². The average molecular weight is 261 g/mol. The van der Waals surface area contributed by atoms with E-state index in [0.717, 1.165) is 17.2 Å². The van der Waals surface area contributed by atoms with Gasteiger partial charge >= 0.3 is 0 Å². The van der Waals surface area contributed by atoms with Gasteiger partial charge in [0.25, 0.3) is 0 Å². The molecule has 1 unspecified atom stereocenters. The average Bonchev–Trinajstić information content (AvgIpc) is 2.25. The van der Waals surface area contributed by atoms with Crippen LogP contribution in [0.2, 0.25) is 0 Å². The number of aliphatic imine (C=N–C) groups is 1. The highest BCUT2D eigenvalue weighted by atomic mass is 15.2. The van der Waals surface area contributed by atoms with Crippen molar-refractivity contribution in [2.75, 3.05) is 5.32 Å². The van der Waals surface area contributed by atoms with Crippen LogP contribution in [0.3, 0.4) is 0 Å². The smallest absolute Gasteiger partial charge is 0.156 e. The zero-order chi connectivity index (χ0) is 14.3. The Kier molecular flexibility index (Phi) is 3.34. The number of hydrogen-bond acceptors (Lipinski definition) is 5. The van der Waals surface area contributed by atoms with Crippen molar-refractivity contribution in [2.24, 2.45) is 4.99 Å². The highest BCUT2D eigenvalue weighted by Crippen LogP contribution is 2.28. The van der Waals surface area contributed by atoms with Crippen LogP contribution in [0.4, 0.5) is 5.82 Å². The Balaban J connectivity index is 2.34. The highest BCUT2D eigenvalue weighted by molar-refractivity contribution is 5.77. The summed E-state index contributed by atoms with van der Waals surface area (Å²) in [4.78, 5) is 13.6. The molecule has 0 aliphatic carbocycles. The third-order valence-electron chi connectivity index (χ3n) is 2.82. The van der Waals surface area contributed by atoms with E-state index in [1.54, 1.807) is 6.34 Å². The minimum atomic E-state index is -0.141. The molecule has 2 N–H and O–H groups in total. The van der Waals surface area contributed by atoms with Gasteiger partial charge in [-0.25, -0.2) is 9.98 Å². The molecule has 0 aromatic carbocycles. The fraction of sp³-hybridized carbons (Fsp3) is 0.643. The number of hydrogen-bond donors (Lipinski definition) is 2. The van der Waals surface area contributed by atoms with Crippen LogP contribution in [-0.2, 0) is 5.41 Å². The molecule has 0 radical (unpaired) electrons. The number of fused-ring (bicyclic) bond motifs is 1. The molecule has 0 fully saturated rings. The molecule has 1 atom stereocenters. The van der Waals surface area contributed by atoms with E-state index in [1.807, 2.05) is 6.20 Å². The van der Waals surface area contributed by atoms with Crippen molar-refractivity contribution in [3.8, 4) is 0 Å². The van der Waals surface area contributed by atoms with E-state index in [-0.39, 0.29) is 17.1 Å². The molecule has 1 aromatic rings. The van der Waals surface area contributed by atoms with Crippen LogP contribution in [0.25, 0.3) is 0 Å². The second-order valence-electron chi connectivity index (χ2n) is 6.96. The van der Waals surface area contributed by atoms with Crippen LogP contribution < -0.4 is 10.6 Å². The van der Waals surface area contributed by atoms with E-state index in [4.69, 9.17) is 0 Å². The lowest BCUT2D eigenvalue weighted by molar-refractivity contribution is 0.365. The maximum absolute atomic E-state index is 4.66. The topological polar surface area (TPSA) is 62.2 Å². The first-order chi connectivity index (χ1) is 8.67. The third-order valence-corrected chi connectivity index (χ3v) is 2.82. The molecule has 1 aliphatic heterocycles. The Morgan fingerprint density at radius 2 is 1.84 bits per heavy atom. The van der Waals surface area contributed by atoms with Crippen molar-refractivity contribution >= 4 is 12.2 Å². The molecule has 2 rings (SSSR count). The first kappa shape index (κ1) is 13.9. The minimum Gasteiger partial charge on any atom is -0.330 e. The standard InChI is InChI=1S/C14H23N5/c1-13(2,3)9-7-15-10-11(18-9)16-8-17-12(10)19-14(4,5)6/h7-8,12,19H,1-6H3,(H,16,17,18). The summed E-state index contributed by atoms with van der Waals surface area (Å²) in [6.07, 6.45) is 3.39. The van der Waals surface area contributed by atoms with Gasteiger partial charge in [0.05, 0.1) is 12.0 Å². The lowest BCUT2D eigenvalue weighted by Crippen LogP contribution is -2.40. The van der Waals surface area contributed by atoms with E-state index in [1.165, 1.54) is 0 Å². The van der Waals surface area contributed by atoms with Crippen LogP contribution in [0, 0.1) is 0 Å². The van der Waals surface area contributed by atoms with E-state index in [0.29, 0.717) is 0 Å². The number of aromatic nitrogens is 2.